The third kappa shape index (κ3) is 6.34. The molecule has 10 aromatic carbocycles. The van der Waals surface area contributed by atoms with Gasteiger partial charge in [-0.25, -0.2) is 9.98 Å². The van der Waals surface area contributed by atoms with Gasteiger partial charge in [-0.3, -0.25) is 0 Å². The number of aliphatic imine (C=N–C) groups is 2. The number of fused-ring (bicyclic) bond motifs is 8. The summed E-state index contributed by atoms with van der Waals surface area (Å²) in [6.45, 7) is 0. The van der Waals surface area contributed by atoms with Crippen LogP contribution in [0.15, 0.2) is 252 Å². The van der Waals surface area contributed by atoms with E-state index in [1.165, 1.54) is 82.4 Å². The zero-order chi connectivity index (χ0) is 44.3. The minimum absolute atomic E-state index is 0.271. The first-order chi connectivity index (χ1) is 33.2. The van der Waals surface area contributed by atoms with Crippen molar-refractivity contribution in [2.24, 2.45) is 9.98 Å². The van der Waals surface area contributed by atoms with E-state index < -0.39 is 5.41 Å². The first-order valence-electron chi connectivity index (χ1n) is 23.4. The molecule has 3 heteroatoms. The highest BCUT2D eigenvalue weighted by Crippen LogP contribution is 2.57. The van der Waals surface area contributed by atoms with Crippen LogP contribution in [0.5, 0.6) is 0 Å². The molecule has 1 aliphatic heterocycles. The highest BCUT2D eigenvalue weighted by atomic mass is 15.2. The number of hydrogen-bond donors (Lipinski definition) is 1. The van der Waals surface area contributed by atoms with E-state index in [0.29, 0.717) is 5.84 Å². The van der Waals surface area contributed by atoms with Gasteiger partial charge in [0.25, 0.3) is 0 Å². The Balaban J connectivity index is 0.967. The van der Waals surface area contributed by atoms with Crippen molar-refractivity contribution in [1.82, 2.24) is 5.32 Å². The monoisotopic (exact) mass is 855 g/mol. The van der Waals surface area contributed by atoms with Crippen LogP contribution in [0, 0.1) is 0 Å². The lowest BCUT2D eigenvalue weighted by Crippen LogP contribution is -2.33. The highest BCUT2D eigenvalue weighted by Gasteiger charge is 2.47. The second-order valence-corrected chi connectivity index (χ2v) is 17.9. The molecule has 0 bridgehead atoms. The van der Waals surface area contributed by atoms with Crippen LogP contribution in [-0.2, 0) is 5.41 Å². The molecule has 0 saturated heterocycles. The molecule has 2 aliphatic carbocycles. The van der Waals surface area contributed by atoms with Crippen molar-refractivity contribution in [3.8, 4) is 22.3 Å². The Labute approximate surface area is 390 Å². The summed E-state index contributed by atoms with van der Waals surface area (Å²) >= 11 is 0. The molecular weight excluding hydrogens is 811 g/mol. The predicted octanol–water partition coefficient (Wildman–Crippen LogP) is 15.4. The Kier molecular flexibility index (Phi) is 9.28. The zero-order valence-electron chi connectivity index (χ0n) is 36.9. The van der Waals surface area contributed by atoms with Crippen molar-refractivity contribution in [3.05, 3.63) is 281 Å². The Morgan fingerprint density at radius 3 is 1.81 bits per heavy atom. The number of amidine groups is 2. The molecule has 0 fully saturated rings. The second kappa shape index (κ2) is 15.9. The molecule has 1 N–H and O–H groups in total. The van der Waals surface area contributed by atoms with Crippen LogP contribution in [-0.4, -0.2) is 11.7 Å². The van der Waals surface area contributed by atoms with Crippen LogP contribution in [0.2, 0.25) is 0 Å². The van der Waals surface area contributed by atoms with E-state index in [2.05, 4.69) is 218 Å². The van der Waals surface area contributed by atoms with Crippen LogP contribution < -0.4 is 5.32 Å². The van der Waals surface area contributed by atoms with Gasteiger partial charge in [0, 0.05) is 11.1 Å². The molecule has 10 aromatic rings. The molecule has 316 valence electrons. The maximum atomic E-state index is 5.16. The van der Waals surface area contributed by atoms with Crippen LogP contribution in [0.4, 0.5) is 0 Å². The quantitative estimate of drug-likeness (QED) is 0.159. The number of rotatable bonds is 7. The van der Waals surface area contributed by atoms with Gasteiger partial charge in [0.2, 0.25) is 0 Å². The number of nitrogens with one attached hydrogen (secondary N) is 1. The first kappa shape index (κ1) is 39.0. The van der Waals surface area contributed by atoms with Gasteiger partial charge in [-0.1, -0.05) is 218 Å². The van der Waals surface area contributed by atoms with Gasteiger partial charge in [0.05, 0.1) is 5.41 Å². The molecule has 0 amide bonds. The second-order valence-electron chi connectivity index (χ2n) is 17.9. The fourth-order valence-electron chi connectivity index (χ4n) is 11.3. The molecule has 0 saturated carbocycles. The predicted molar refractivity (Wildman–Crippen MR) is 280 cm³/mol. The molecule has 67 heavy (non-hydrogen) atoms. The Morgan fingerprint density at radius 2 is 1.04 bits per heavy atom. The van der Waals surface area contributed by atoms with Crippen LogP contribution in [0.25, 0.3) is 60.1 Å². The topological polar surface area (TPSA) is 36.8 Å². The summed E-state index contributed by atoms with van der Waals surface area (Å²) in [5, 5.41) is 11.2. The maximum Gasteiger partial charge on any atom is 0.159 e. The van der Waals surface area contributed by atoms with Crippen LogP contribution in [0.3, 0.4) is 0 Å². The largest absolute Gasteiger partial charge is 0.344 e. The lowest BCUT2D eigenvalue weighted by molar-refractivity contribution is 0.674. The Hall–Kier alpha value is -8.40. The fourth-order valence-corrected chi connectivity index (χ4v) is 11.3. The lowest BCUT2D eigenvalue weighted by Gasteiger charge is -2.35. The molecule has 13 rings (SSSR count). The van der Waals surface area contributed by atoms with Crippen molar-refractivity contribution in [2.75, 3.05) is 0 Å². The summed E-state index contributed by atoms with van der Waals surface area (Å²) in [5.41, 5.74) is 15.6. The van der Waals surface area contributed by atoms with Gasteiger partial charge in [-0.15, -0.1) is 0 Å². The average molecular weight is 856 g/mol. The average Bonchev–Trinajstić information content (AvgIpc) is 3.72. The summed E-state index contributed by atoms with van der Waals surface area (Å²) in [4.78, 5) is 10.3. The molecular formula is C64H45N3. The zero-order valence-corrected chi connectivity index (χ0v) is 36.9. The number of benzene rings is 10. The van der Waals surface area contributed by atoms with Gasteiger partial charge in [-0.05, 0) is 125 Å². The van der Waals surface area contributed by atoms with Crippen LogP contribution >= 0.6 is 0 Å². The van der Waals surface area contributed by atoms with E-state index in [4.69, 9.17) is 9.98 Å². The molecule has 3 nitrogen and oxygen atoms in total. The van der Waals surface area contributed by atoms with Crippen molar-refractivity contribution in [1.29, 1.82) is 0 Å². The summed E-state index contributed by atoms with van der Waals surface area (Å²) in [5.74, 6) is 1.52. The Bertz CT molecular complexity index is 3660. The standard InChI is InChI=1S/C64H45N3/c1-5-19-42(20-6-1)61-65-62(43-21-7-2-8-22-43)67-63(66-61)47-24-17-23-46(39-47)50-32-18-33-55-51-29-13-14-30-52(51)57-40-44(36-38-56(57)60(50)55)45-35-37-54-53-31-15-16-34-58(53)64(59(54)41-45,48-25-9-3-10-26-48)49-27-11-4-12-28-49/h1-14,16-30,32-41,61H,15,31H2,(H,65,66,67). The number of nitrogens with zero attached hydrogens (tertiary/aromatic N) is 2. The summed E-state index contributed by atoms with van der Waals surface area (Å²) in [6, 6.07) is 81.9. The molecule has 0 aromatic heterocycles. The minimum Gasteiger partial charge on any atom is -0.344 e. The van der Waals surface area contributed by atoms with E-state index in [-0.39, 0.29) is 6.17 Å². The minimum atomic E-state index is -0.416. The van der Waals surface area contributed by atoms with E-state index in [9.17, 15) is 0 Å². The van der Waals surface area contributed by atoms with E-state index in [1.54, 1.807) is 0 Å². The first-order valence-corrected chi connectivity index (χ1v) is 23.4. The summed E-state index contributed by atoms with van der Waals surface area (Å²) in [6.07, 6.45) is 6.61. The molecule has 0 radical (unpaired) electrons. The molecule has 0 spiro atoms. The van der Waals surface area contributed by atoms with Crippen molar-refractivity contribution >= 4 is 49.6 Å². The molecule has 1 unspecified atom stereocenters. The molecule has 1 atom stereocenters. The van der Waals surface area contributed by atoms with E-state index in [0.717, 1.165) is 40.9 Å². The third-order valence-corrected chi connectivity index (χ3v) is 14.3. The SMILES string of the molecule is C1=CC2=C(CC1)c1ccc(-c3ccc4c(c3)c3ccccc3c3cccc(-c5cccc(C6=NC(c7ccccc7)=NC(c7ccccc7)N6)c5)c34)cc1C2(c1ccccc1)c1ccccc1. The summed E-state index contributed by atoms with van der Waals surface area (Å²) < 4.78 is 0. The number of allylic oxidation sites excluding steroid dienone is 4. The van der Waals surface area contributed by atoms with E-state index in [1.807, 2.05) is 24.3 Å². The van der Waals surface area contributed by atoms with Gasteiger partial charge < -0.3 is 5.32 Å². The number of hydrogen-bond acceptors (Lipinski definition) is 3. The Morgan fingerprint density at radius 1 is 0.448 bits per heavy atom. The van der Waals surface area contributed by atoms with Gasteiger partial charge >= 0.3 is 0 Å². The van der Waals surface area contributed by atoms with Gasteiger partial charge in [0.15, 0.2) is 5.84 Å². The van der Waals surface area contributed by atoms with Crippen molar-refractivity contribution in [2.45, 2.75) is 24.4 Å². The fraction of sp³-hybridized carbons (Fsp3) is 0.0625. The van der Waals surface area contributed by atoms with E-state index >= 15 is 0 Å². The molecule has 1 heterocycles. The highest BCUT2D eigenvalue weighted by molar-refractivity contribution is 6.29. The van der Waals surface area contributed by atoms with Gasteiger partial charge in [-0.2, -0.15) is 0 Å². The summed E-state index contributed by atoms with van der Waals surface area (Å²) in [7, 11) is 0. The molecule has 3 aliphatic rings. The lowest BCUT2D eigenvalue weighted by atomic mass is 9.66. The van der Waals surface area contributed by atoms with Crippen LogP contribution in [0.1, 0.15) is 58.0 Å². The van der Waals surface area contributed by atoms with Crippen molar-refractivity contribution < 1.29 is 0 Å². The van der Waals surface area contributed by atoms with Crippen molar-refractivity contribution in [3.63, 3.8) is 0 Å². The normalized spacial score (nSPS) is 16.1. The van der Waals surface area contributed by atoms with Gasteiger partial charge in [0.1, 0.15) is 12.0 Å². The maximum absolute atomic E-state index is 5.16. The third-order valence-electron chi connectivity index (χ3n) is 14.3. The smallest absolute Gasteiger partial charge is 0.159 e.